The molecule has 2 N–H and O–H groups in total. The summed E-state index contributed by atoms with van der Waals surface area (Å²) in [5, 5.41) is 6.70. The average molecular weight is 438 g/mol. The quantitative estimate of drug-likeness (QED) is 0.384. The van der Waals surface area contributed by atoms with E-state index in [0.29, 0.717) is 12.1 Å². The van der Waals surface area contributed by atoms with Crippen LogP contribution in [0.5, 0.6) is 0 Å². The van der Waals surface area contributed by atoms with Gasteiger partial charge in [0.1, 0.15) is 0 Å². The number of hydrogen-bond acceptors (Lipinski definition) is 4. The predicted octanol–water partition coefficient (Wildman–Crippen LogP) is 1.20. The Bertz CT molecular complexity index is 377. The maximum Gasteiger partial charge on any atom is 0.191 e. The van der Waals surface area contributed by atoms with Crippen LogP contribution in [0.1, 0.15) is 32.6 Å². The molecule has 3 rings (SSSR count). The third-order valence-corrected chi connectivity index (χ3v) is 4.78. The van der Waals surface area contributed by atoms with Gasteiger partial charge in [0.2, 0.25) is 0 Å². The summed E-state index contributed by atoms with van der Waals surface area (Å²) in [6.45, 7) is 8.56. The summed E-state index contributed by atoms with van der Waals surface area (Å²) in [7, 11) is 0. The highest BCUT2D eigenvalue weighted by Crippen LogP contribution is 2.22. The smallest absolute Gasteiger partial charge is 0.191 e. The lowest BCUT2D eigenvalue weighted by Gasteiger charge is -2.34. The SMILES string of the molecule is CCNC(=NCC1CN2CCCC2CO1)NCC1CCCO1.I. The molecule has 0 radical (unpaired) electrons. The van der Waals surface area contributed by atoms with Crippen LogP contribution in [0.3, 0.4) is 0 Å². The summed E-state index contributed by atoms with van der Waals surface area (Å²) in [4.78, 5) is 7.27. The zero-order valence-corrected chi connectivity index (χ0v) is 16.5. The van der Waals surface area contributed by atoms with E-state index in [1.807, 2.05) is 0 Å². The van der Waals surface area contributed by atoms with Crippen LogP contribution in [0.4, 0.5) is 0 Å². The molecule has 3 saturated heterocycles. The average Bonchev–Trinajstić information content (AvgIpc) is 3.20. The zero-order chi connectivity index (χ0) is 15.2. The highest BCUT2D eigenvalue weighted by molar-refractivity contribution is 14.0. The number of fused-ring (bicyclic) bond motifs is 1. The Kier molecular flexibility index (Phi) is 8.35. The van der Waals surface area contributed by atoms with Gasteiger partial charge in [-0.2, -0.15) is 0 Å². The van der Waals surface area contributed by atoms with E-state index in [1.165, 1.54) is 25.8 Å². The lowest BCUT2D eigenvalue weighted by atomic mass is 10.2. The standard InChI is InChI=1S/C16H30N4O2.HI/c1-2-17-16(18-9-14-6-4-8-21-14)19-10-15-11-20-7-3-5-13(20)12-22-15;/h13-15H,2-12H2,1H3,(H2,17,18,19);1H. The van der Waals surface area contributed by atoms with Crippen molar-refractivity contribution in [1.82, 2.24) is 15.5 Å². The second kappa shape index (κ2) is 10.0. The molecule has 3 fully saturated rings. The molecule has 3 aliphatic heterocycles. The number of aliphatic imine (C=N–C) groups is 1. The fourth-order valence-corrected chi connectivity index (χ4v) is 3.55. The van der Waals surface area contributed by atoms with Gasteiger partial charge < -0.3 is 20.1 Å². The molecule has 0 amide bonds. The molecule has 23 heavy (non-hydrogen) atoms. The minimum absolute atomic E-state index is 0. The lowest BCUT2D eigenvalue weighted by molar-refractivity contribution is -0.0432. The van der Waals surface area contributed by atoms with Crippen LogP contribution in [0.25, 0.3) is 0 Å². The van der Waals surface area contributed by atoms with Crippen LogP contribution in [0.15, 0.2) is 4.99 Å². The van der Waals surface area contributed by atoms with Gasteiger partial charge >= 0.3 is 0 Å². The molecule has 3 unspecified atom stereocenters. The third-order valence-electron chi connectivity index (χ3n) is 4.78. The third kappa shape index (κ3) is 5.72. The van der Waals surface area contributed by atoms with Crippen molar-refractivity contribution in [2.45, 2.75) is 50.9 Å². The molecule has 0 aromatic carbocycles. The first-order valence-electron chi connectivity index (χ1n) is 8.84. The number of rotatable bonds is 5. The van der Waals surface area contributed by atoms with Crippen molar-refractivity contribution in [3.63, 3.8) is 0 Å². The molecule has 0 aromatic heterocycles. The molecular weight excluding hydrogens is 407 g/mol. The van der Waals surface area contributed by atoms with E-state index in [9.17, 15) is 0 Å². The van der Waals surface area contributed by atoms with E-state index in [4.69, 9.17) is 14.5 Å². The lowest BCUT2D eigenvalue weighted by Crippen LogP contribution is -2.48. The minimum atomic E-state index is 0. The first-order chi connectivity index (χ1) is 10.8. The molecule has 0 aromatic rings. The normalized spacial score (nSPS) is 31.5. The van der Waals surface area contributed by atoms with Crippen LogP contribution in [0.2, 0.25) is 0 Å². The highest BCUT2D eigenvalue weighted by atomic mass is 127. The van der Waals surface area contributed by atoms with E-state index in [1.54, 1.807) is 0 Å². The van der Waals surface area contributed by atoms with Gasteiger partial charge in [0.25, 0.3) is 0 Å². The Morgan fingerprint density at radius 2 is 2.09 bits per heavy atom. The van der Waals surface area contributed by atoms with Crippen LogP contribution >= 0.6 is 24.0 Å². The van der Waals surface area contributed by atoms with Gasteiger partial charge in [0.05, 0.1) is 25.4 Å². The maximum absolute atomic E-state index is 5.97. The Morgan fingerprint density at radius 3 is 2.87 bits per heavy atom. The van der Waals surface area contributed by atoms with Gasteiger partial charge in [-0.3, -0.25) is 9.89 Å². The van der Waals surface area contributed by atoms with Gasteiger partial charge in [0.15, 0.2) is 5.96 Å². The van der Waals surface area contributed by atoms with Crippen molar-refractivity contribution in [1.29, 1.82) is 0 Å². The number of hydrogen-bond donors (Lipinski definition) is 2. The van der Waals surface area contributed by atoms with Crippen LogP contribution < -0.4 is 10.6 Å². The summed E-state index contributed by atoms with van der Waals surface area (Å²) >= 11 is 0. The van der Waals surface area contributed by atoms with Crippen LogP contribution in [-0.4, -0.2) is 75.0 Å². The fourth-order valence-electron chi connectivity index (χ4n) is 3.55. The highest BCUT2D eigenvalue weighted by Gasteiger charge is 2.32. The van der Waals surface area contributed by atoms with E-state index in [0.717, 1.165) is 51.8 Å². The topological polar surface area (TPSA) is 58.1 Å². The maximum atomic E-state index is 5.97. The first kappa shape index (κ1) is 19.2. The van der Waals surface area contributed by atoms with Crippen molar-refractivity contribution < 1.29 is 9.47 Å². The molecule has 3 atom stereocenters. The van der Waals surface area contributed by atoms with Gasteiger partial charge in [0, 0.05) is 32.3 Å². The Balaban J connectivity index is 0.00000192. The fraction of sp³-hybridized carbons (Fsp3) is 0.938. The Labute approximate surface area is 156 Å². The number of guanidine groups is 1. The van der Waals surface area contributed by atoms with Gasteiger partial charge in [-0.15, -0.1) is 24.0 Å². The predicted molar refractivity (Wildman–Crippen MR) is 103 cm³/mol. The van der Waals surface area contributed by atoms with Gasteiger partial charge in [-0.05, 0) is 39.2 Å². The second-order valence-corrected chi connectivity index (χ2v) is 6.48. The molecule has 0 aliphatic carbocycles. The van der Waals surface area contributed by atoms with Crippen molar-refractivity contribution in [3.8, 4) is 0 Å². The molecule has 6 nitrogen and oxygen atoms in total. The van der Waals surface area contributed by atoms with Crippen molar-refractivity contribution in [2.24, 2.45) is 4.99 Å². The Hall–Kier alpha value is -0.120. The van der Waals surface area contributed by atoms with Crippen LogP contribution in [0, 0.1) is 0 Å². The largest absolute Gasteiger partial charge is 0.376 e. The van der Waals surface area contributed by atoms with E-state index >= 15 is 0 Å². The van der Waals surface area contributed by atoms with Gasteiger partial charge in [-0.1, -0.05) is 0 Å². The second-order valence-electron chi connectivity index (χ2n) is 6.48. The van der Waals surface area contributed by atoms with Crippen LogP contribution in [-0.2, 0) is 9.47 Å². The monoisotopic (exact) mass is 438 g/mol. The van der Waals surface area contributed by atoms with E-state index in [2.05, 4.69) is 22.5 Å². The molecule has 0 saturated carbocycles. The summed E-state index contributed by atoms with van der Waals surface area (Å²) in [6, 6.07) is 0.658. The molecule has 7 heteroatoms. The zero-order valence-electron chi connectivity index (χ0n) is 14.1. The number of ether oxygens (including phenoxy) is 2. The molecule has 3 aliphatic rings. The molecule has 3 heterocycles. The van der Waals surface area contributed by atoms with E-state index in [-0.39, 0.29) is 30.1 Å². The number of morpholine rings is 1. The Morgan fingerprint density at radius 1 is 1.17 bits per heavy atom. The van der Waals surface area contributed by atoms with Gasteiger partial charge in [-0.25, -0.2) is 0 Å². The minimum Gasteiger partial charge on any atom is -0.376 e. The number of halogens is 1. The van der Waals surface area contributed by atoms with Crippen molar-refractivity contribution in [3.05, 3.63) is 0 Å². The number of nitrogens with one attached hydrogen (secondary N) is 2. The summed E-state index contributed by atoms with van der Waals surface area (Å²) in [6.07, 6.45) is 5.49. The van der Waals surface area contributed by atoms with Crippen molar-refractivity contribution >= 4 is 29.9 Å². The molecule has 134 valence electrons. The molecule has 0 spiro atoms. The summed E-state index contributed by atoms with van der Waals surface area (Å²) in [5.74, 6) is 0.880. The molecular formula is C16H31IN4O2. The molecule has 0 bridgehead atoms. The van der Waals surface area contributed by atoms with Crippen molar-refractivity contribution in [2.75, 3.05) is 45.9 Å². The first-order valence-corrected chi connectivity index (χ1v) is 8.84. The number of nitrogens with zero attached hydrogens (tertiary/aromatic N) is 2. The summed E-state index contributed by atoms with van der Waals surface area (Å²) < 4.78 is 11.6. The summed E-state index contributed by atoms with van der Waals surface area (Å²) in [5.41, 5.74) is 0. The van der Waals surface area contributed by atoms with E-state index < -0.39 is 0 Å².